The van der Waals surface area contributed by atoms with E-state index in [2.05, 4.69) is 46.1 Å². The van der Waals surface area contributed by atoms with Crippen LogP contribution in [0.5, 0.6) is 0 Å². The summed E-state index contributed by atoms with van der Waals surface area (Å²) in [7, 11) is 0. The van der Waals surface area contributed by atoms with Crippen LogP contribution in [-0.2, 0) is 0 Å². The summed E-state index contributed by atoms with van der Waals surface area (Å²) in [5.74, 6) is 1.32. The third-order valence-electron chi connectivity index (χ3n) is 4.45. The van der Waals surface area contributed by atoms with Gasteiger partial charge in [0.1, 0.15) is 5.82 Å². The molecule has 1 aromatic heterocycles. The molecule has 1 aliphatic rings. The van der Waals surface area contributed by atoms with Gasteiger partial charge in [0.25, 0.3) is 0 Å². The summed E-state index contributed by atoms with van der Waals surface area (Å²) in [6.45, 7) is 5.19. The quantitative estimate of drug-likeness (QED) is 0.916. The molecule has 2 N–H and O–H groups in total. The van der Waals surface area contributed by atoms with Gasteiger partial charge in [0.05, 0.1) is 6.04 Å². The minimum Gasteiger partial charge on any atom is -0.368 e. The zero-order valence-corrected chi connectivity index (χ0v) is 13.4. The predicted molar refractivity (Wildman–Crippen MR) is 90.9 cm³/mol. The van der Waals surface area contributed by atoms with Gasteiger partial charge in [-0.2, -0.15) is 4.98 Å². The molecule has 4 heteroatoms. The lowest BCUT2D eigenvalue weighted by atomic mass is 9.96. The molecule has 0 radical (unpaired) electrons. The zero-order chi connectivity index (χ0) is 15.5. The maximum absolute atomic E-state index is 5.87. The average molecular weight is 296 g/mol. The lowest BCUT2D eigenvalue weighted by Crippen LogP contribution is -2.30. The number of aromatic nitrogens is 2. The molecule has 1 aromatic carbocycles. The molecule has 2 aromatic rings. The number of hydrogen-bond acceptors (Lipinski definition) is 4. The molecule has 1 saturated heterocycles. The number of hydrogen-bond donors (Lipinski definition) is 1. The van der Waals surface area contributed by atoms with Crippen molar-refractivity contribution in [1.82, 2.24) is 9.97 Å². The lowest BCUT2D eigenvalue weighted by molar-refractivity contribution is 0.593. The van der Waals surface area contributed by atoms with Crippen molar-refractivity contribution in [3.8, 4) is 0 Å². The van der Waals surface area contributed by atoms with Crippen LogP contribution in [0.15, 0.2) is 30.3 Å². The molecule has 22 heavy (non-hydrogen) atoms. The van der Waals surface area contributed by atoms with Crippen molar-refractivity contribution in [2.45, 2.75) is 45.6 Å². The van der Waals surface area contributed by atoms with Gasteiger partial charge in [-0.15, -0.1) is 0 Å². The summed E-state index contributed by atoms with van der Waals surface area (Å²) in [6.07, 6.45) is 4.90. The van der Waals surface area contributed by atoms with Crippen molar-refractivity contribution < 1.29 is 0 Å². The molecule has 2 heterocycles. The number of aryl methyl sites for hydroxylation is 2. The molecular weight excluding hydrogens is 272 g/mol. The second-order valence-electron chi connectivity index (χ2n) is 6.14. The lowest BCUT2D eigenvalue weighted by Gasteiger charge is -2.32. The Hall–Kier alpha value is -2.10. The minimum atomic E-state index is 0.364. The van der Waals surface area contributed by atoms with E-state index in [0.717, 1.165) is 24.5 Å². The van der Waals surface area contributed by atoms with E-state index in [9.17, 15) is 0 Å². The molecule has 1 unspecified atom stereocenters. The first-order valence-corrected chi connectivity index (χ1v) is 8.08. The summed E-state index contributed by atoms with van der Waals surface area (Å²) in [5, 5.41) is 0. The van der Waals surface area contributed by atoms with Crippen molar-refractivity contribution in [1.29, 1.82) is 0 Å². The van der Waals surface area contributed by atoms with Crippen molar-refractivity contribution in [3.63, 3.8) is 0 Å². The highest BCUT2D eigenvalue weighted by Gasteiger charge is 2.25. The predicted octanol–water partition coefficient (Wildman–Crippen LogP) is 3.80. The summed E-state index contributed by atoms with van der Waals surface area (Å²) in [4.78, 5) is 11.1. The van der Waals surface area contributed by atoms with Gasteiger partial charge in [-0.25, -0.2) is 4.98 Å². The van der Waals surface area contributed by atoms with Crippen LogP contribution in [0.2, 0.25) is 0 Å². The van der Waals surface area contributed by atoms with Gasteiger partial charge in [0.2, 0.25) is 5.95 Å². The molecule has 1 aliphatic heterocycles. The smallest absolute Gasteiger partial charge is 0.222 e. The van der Waals surface area contributed by atoms with E-state index in [1.54, 1.807) is 0 Å². The molecule has 0 amide bonds. The van der Waals surface area contributed by atoms with Gasteiger partial charge in [-0.05, 0) is 37.8 Å². The SMILES string of the molecule is Cc1cc(N2CCCCCC2c2ccccc2C)nc(N)n1. The maximum atomic E-state index is 5.87. The van der Waals surface area contributed by atoms with Crippen LogP contribution in [0.1, 0.15) is 48.5 Å². The van der Waals surface area contributed by atoms with Crippen LogP contribution in [0.4, 0.5) is 11.8 Å². The van der Waals surface area contributed by atoms with Gasteiger partial charge in [0, 0.05) is 18.3 Å². The highest BCUT2D eigenvalue weighted by atomic mass is 15.2. The van der Waals surface area contributed by atoms with Gasteiger partial charge >= 0.3 is 0 Å². The molecule has 0 aliphatic carbocycles. The Bertz CT molecular complexity index is 633. The standard InChI is InChI=1S/C18H24N4/c1-13-8-5-6-9-15(13)16-10-4-3-7-11-22(16)17-12-14(2)20-18(19)21-17/h5-6,8-9,12,16H,3-4,7,10-11H2,1-2H3,(H2,19,20,21). The molecule has 4 nitrogen and oxygen atoms in total. The van der Waals surface area contributed by atoms with Crippen LogP contribution in [-0.4, -0.2) is 16.5 Å². The molecule has 116 valence electrons. The average Bonchev–Trinajstić information content (AvgIpc) is 2.72. The van der Waals surface area contributed by atoms with Crippen molar-refractivity contribution in [2.75, 3.05) is 17.2 Å². The Morgan fingerprint density at radius 1 is 1.09 bits per heavy atom. The van der Waals surface area contributed by atoms with Crippen LogP contribution >= 0.6 is 0 Å². The first kappa shape index (κ1) is 14.8. The topological polar surface area (TPSA) is 55.0 Å². The fraction of sp³-hybridized carbons (Fsp3) is 0.444. The first-order valence-electron chi connectivity index (χ1n) is 8.08. The number of anilines is 2. The summed E-state index contributed by atoms with van der Waals surface area (Å²) < 4.78 is 0. The third kappa shape index (κ3) is 3.06. The molecular formula is C18H24N4. The third-order valence-corrected chi connectivity index (χ3v) is 4.45. The zero-order valence-electron chi connectivity index (χ0n) is 13.4. The Balaban J connectivity index is 2.03. The Kier molecular flexibility index (Phi) is 4.27. The van der Waals surface area contributed by atoms with Gasteiger partial charge in [0.15, 0.2) is 0 Å². The normalized spacial score (nSPS) is 19.0. The minimum absolute atomic E-state index is 0.364. The number of rotatable bonds is 2. The summed E-state index contributed by atoms with van der Waals surface area (Å²) in [5.41, 5.74) is 9.54. The van der Waals surface area contributed by atoms with E-state index >= 15 is 0 Å². The fourth-order valence-electron chi connectivity index (χ4n) is 3.39. The molecule has 0 bridgehead atoms. The van der Waals surface area contributed by atoms with E-state index in [1.807, 2.05) is 13.0 Å². The van der Waals surface area contributed by atoms with Crippen molar-refractivity contribution >= 4 is 11.8 Å². The number of nitrogen functional groups attached to an aromatic ring is 1. The van der Waals surface area contributed by atoms with E-state index in [-0.39, 0.29) is 0 Å². The molecule has 0 spiro atoms. The molecule has 1 fully saturated rings. The van der Waals surface area contributed by atoms with Crippen LogP contribution in [0.25, 0.3) is 0 Å². The van der Waals surface area contributed by atoms with Gasteiger partial charge in [-0.1, -0.05) is 37.1 Å². The van der Waals surface area contributed by atoms with E-state index in [1.165, 1.54) is 30.4 Å². The highest BCUT2D eigenvalue weighted by Crippen LogP contribution is 2.35. The molecule has 0 saturated carbocycles. The van der Waals surface area contributed by atoms with E-state index in [0.29, 0.717) is 12.0 Å². The fourth-order valence-corrected chi connectivity index (χ4v) is 3.39. The number of nitrogens with zero attached hydrogens (tertiary/aromatic N) is 3. The highest BCUT2D eigenvalue weighted by molar-refractivity contribution is 5.47. The number of nitrogens with two attached hydrogens (primary N) is 1. The number of benzene rings is 1. The Labute approximate surface area is 132 Å². The molecule has 3 rings (SSSR count). The first-order chi connectivity index (χ1) is 10.6. The van der Waals surface area contributed by atoms with Crippen molar-refractivity contribution in [3.05, 3.63) is 47.2 Å². The van der Waals surface area contributed by atoms with E-state index in [4.69, 9.17) is 5.73 Å². The van der Waals surface area contributed by atoms with E-state index < -0.39 is 0 Å². The van der Waals surface area contributed by atoms with Crippen LogP contribution in [0, 0.1) is 13.8 Å². The van der Waals surface area contributed by atoms with Crippen LogP contribution in [0.3, 0.4) is 0 Å². The largest absolute Gasteiger partial charge is 0.368 e. The summed E-state index contributed by atoms with van der Waals surface area (Å²) in [6, 6.07) is 11.1. The molecule has 1 atom stereocenters. The summed E-state index contributed by atoms with van der Waals surface area (Å²) >= 11 is 0. The Morgan fingerprint density at radius 2 is 1.91 bits per heavy atom. The Morgan fingerprint density at radius 3 is 2.68 bits per heavy atom. The van der Waals surface area contributed by atoms with Gasteiger partial charge < -0.3 is 10.6 Å². The maximum Gasteiger partial charge on any atom is 0.222 e. The van der Waals surface area contributed by atoms with Gasteiger partial charge in [-0.3, -0.25) is 0 Å². The monoisotopic (exact) mass is 296 g/mol. The second-order valence-corrected chi connectivity index (χ2v) is 6.14. The second kappa shape index (κ2) is 6.34. The van der Waals surface area contributed by atoms with Crippen LogP contribution < -0.4 is 10.6 Å². The van der Waals surface area contributed by atoms with Crippen molar-refractivity contribution in [2.24, 2.45) is 0 Å².